The van der Waals surface area contributed by atoms with E-state index in [9.17, 15) is 4.79 Å². The summed E-state index contributed by atoms with van der Waals surface area (Å²) in [5.74, 6) is 1.85. The van der Waals surface area contributed by atoms with Gasteiger partial charge >= 0.3 is 0 Å². The smallest absolute Gasteiger partial charge is 0.230 e. The average molecular weight is 333 g/mol. The van der Waals surface area contributed by atoms with Crippen LogP contribution in [0.3, 0.4) is 0 Å². The van der Waals surface area contributed by atoms with Gasteiger partial charge in [0.25, 0.3) is 0 Å². The van der Waals surface area contributed by atoms with E-state index < -0.39 is 0 Å². The van der Waals surface area contributed by atoms with Crippen molar-refractivity contribution in [1.29, 1.82) is 0 Å². The third-order valence-electron chi connectivity index (χ3n) is 4.47. The van der Waals surface area contributed by atoms with Crippen molar-refractivity contribution in [3.05, 3.63) is 18.2 Å². The maximum Gasteiger partial charge on any atom is 0.230 e. The van der Waals surface area contributed by atoms with Crippen LogP contribution in [0.15, 0.2) is 23.4 Å². The zero-order valence-electron chi connectivity index (χ0n) is 13.6. The van der Waals surface area contributed by atoms with Gasteiger partial charge in [-0.15, -0.1) is 0 Å². The van der Waals surface area contributed by atoms with E-state index in [1.807, 2.05) is 18.2 Å². The van der Waals surface area contributed by atoms with Crippen molar-refractivity contribution < 1.29 is 9.53 Å². The fourth-order valence-electron chi connectivity index (χ4n) is 3.07. The topological polar surface area (TPSA) is 67.0 Å². The van der Waals surface area contributed by atoms with Crippen molar-refractivity contribution in [3.63, 3.8) is 0 Å². The molecule has 0 unspecified atom stereocenters. The molecule has 3 rings (SSSR count). The predicted molar refractivity (Wildman–Crippen MR) is 92.9 cm³/mol. The Morgan fingerprint density at radius 2 is 2.26 bits per heavy atom. The molecule has 1 amide bonds. The molecule has 2 aromatic rings. The summed E-state index contributed by atoms with van der Waals surface area (Å²) in [5, 5.41) is 3.93. The molecule has 6 heteroatoms. The monoisotopic (exact) mass is 333 g/mol. The number of carbonyl (C=O) groups is 1. The minimum Gasteiger partial charge on any atom is -0.497 e. The average Bonchev–Trinajstić information content (AvgIpc) is 2.97. The van der Waals surface area contributed by atoms with Crippen molar-refractivity contribution in [1.82, 2.24) is 15.3 Å². The molecule has 1 heterocycles. The Hall–Kier alpha value is -1.69. The Bertz CT molecular complexity index is 686. The van der Waals surface area contributed by atoms with Gasteiger partial charge in [0.1, 0.15) is 5.75 Å². The summed E-state index contributed by atoms with van der Waals surface area (Å²) < 4.78 is 5.21. The number of benzene rings is 1. The van der Waals surface area contributed by atoms with Crippen molar-refractivity contribution in [2.75, 3.05) is 12.9 Å². The zero-order chi connectivity index (χ0) is 16.2. The van der Waals surface area contributed by atoms with Crippen molar-refractivity contribution in [3.8, 4) is 5.75 Å². The molecule has 2 atom stereocenters. The number of nitrogens with one attached hydrogen (secondary N) is 2. The predicted octanol–water partition coefficient (Wildman–Crippen LogP) is 3.36. The van der Waals surface area contributed by atoms with Gasteiger partial charge in [-0.25, -0.2) is 4.98 Å². The summed E-state index contributed by atoms with van der Waals surface area (Å²) in [7, 11) is 1.64. The van der Waals surface area contributed by atoms with Crippen molar-refractivity contribution >= 4 is 28.7 Å². The number of aromatic nitrogens is 2. The number of hydrogen-bond donors (Lipinski definition) is 2. The Morgan fingerprint density at radius 1 is 1.43 bits per heavy atom. The minimum absolute atomic E-state index is 0.0896. The molecular formula is C17H23N3O2S. The van der Waals surface area contributed by atoms with Crippen LogP contribution in [0.5, 0.6) is 5.75 Å². The molecule has 0 bridgehead atoms. The summed E-state index contributed by atoms with van der Waals surface area (Å²) in [6, 6.07) is 6.04. The van der Waals surface area contributed by atoms with Gasteiger partial charge in [-0.1, -0.05) is 31.5 Å². The van der Waals surface area contributed by atoms with Crippen LogP contribution in [-0.2, 0) is 4.79 Å². The van der Waals surface area contributed by atoms with E-state index in [1.54, 1.807) is 7.11 Å². The van der Waals surface area contributed by atoms with E-state index in [0.29, 0.717) is 17.7 Å². The normalized spacial score (nSPS) is 21.3. The van der Waals surface area contributed by atoms with E-state index in [2.05, 4.69) is 22.2 Å². The molecule has 0 aliphatic heterocycles. The number of fused-ring (bicyclic) bond motifs is 1. The largest absolute Gasteiger partial charge is 0.497 e. The molecule has 1 aromatic carbocycles. The summed E-state index contributed by atoms with van der Waals surface area (Å²) in [4.78, 5) is 19.9. The highest BCUT2D eigenvalue weighted by Crippen LogP contribution is 2.25. The lowest BCUT2D eigenvalue weighted by atomic mass is 9.86. The molecule has 2 N–H and O–H groups in total. The molecule has 1 fully saturated rings. The summed E-state index contributed by atoms with van der Waals surface area (Å²) >= 11 is 1.44. The maximum atomic E-state index is 12.2. The second-order valence-electron chi connectivity index (χ2n) is 6.15. The van der Waals surface area contributed by atoms with Crippen LogP contribution < -0.4 is 10.1 Å². The molecule has 0 spiro atoms. The van der Waals surface area contributed by atoms with E-state index in [4.69, 9.17) is 4.74 Å². The standard InChI is InChI=1S/C17H23N3O2S/c1-11-5-3-4-6-13(11)18-16(21)10-23-17-19-14-8-7-12(22-2)9-15(14)20-17/h7-9,11,13H,3-6,10H2,1-2H3,(H,18,21)(H,19,20)/t11-,13+/m1/s1. The van der Waals surface area contributed by atoms with E-state index in [1.165, 1.54) is 31.0 Å². The Labute approximate surface area is 140 Å². The lowest BCUT2D eigenvalue weighted by molar-refractivity contribution is -0.119. The first-order chi connectivity index (χ1) is 11.2. The van der Waals surface area contributed by atoms with Crippen LogP contribution in [0, 0.1) is 5.92 Å². The van der Waals surface area contributed by atoms with E-state index in [-0.39, 0.29) is 5.91 Å². The molecular weight excluding hydrogens is 310 g/mol. The van der Waals surface area contributed by atoms with E-state index in [0.717, 1.165) is 28.4 Å². The van der Waals surface area contributed by atoms with Crippen LogP contribution in [0.1, 0.15) is 32.6 Å². The number of rotatable bonds is 5. The quantitative estimate of drug-likeness (QED) is 0.824. The van der Waals surface area contributed by atoms with Crippen molar-refractivity contribution in [2.45, 2.75) is 43.8 Å². The highest BCUT2D eigenvalue weighted by molar-refractivity contribution is 7.99. The number of thioether (sulfide) groups is 1. The Morgan fingerprint density at radius 3 is 3.04 bits per heavy atom. The van der Waals surface area contributed by atoms with Gasteiger partial charge in [0, 0.05) is 12.1 Å². The van der Waals surface area contributed by atoms with Crippen LogP contribution in [-0.4, -0.2) is 34.8 Å². The number of hydrogen-bond acceptors (Lipinski definition) is 4. The molecule has 5 nitrogen and oxygen atoms in total. The lowest BCUT2D eigenvalue weighted by Crippen LogP contribution is -2.41. The number of carbonyl (C=O) groups excluding carboxylic acids is 1. The second-order valence-corrected chi connectivity index (χ2v) is 7.11. The van der Waals surface area contributed by atoms with Crippen LogP contribution in [0.4, 0.5) is 0 Å². The number of ether oxygens (including phenoxy) is 1. The maximum absolute atomic E-state index is 12.2. The SMILES string of the molecule is COc1ccc2nc(SCC(=O)N[C@H]3CCCC[C@H]3C)[nH]c2c1. The second kappa shape index (κ2) is 7.25. The molecule has 0 radical (unpaired) electrons. The third kappa shape index (κ3) is 3.99. The van der Waals surface area contributed by atoms with Gasteiger partial charge in [-0.05, 0) is 30.9 Å². The minimum atomic E-state index is 0.0896. The van der Waals surface area contributed by atoms with Crippen LogP contribution in [0.25, 0.3) is 11.0 Å². The highest BCUT2D eigenvalue weighted by atomic mass is 32.2. The molecule has 1 saturated carbocycles. The number of nitrogens with zero attached hydrogens (tertiary/aromatic N) is 1. The summed E-state index contributed by atoms with van der Waals surface area (Å²) in [6.45, 7) is 2.23. The number of methoxy groups -OCH3 is 1. The first kappa shape index (κ1) is 16.2. The molecule has 1 aliphatic carbocycles. The summed E-state index contributed by atoms with van der Waals surface area (Å²) in [6.07, 6.45) is 4.81. The van der Waals surface area contributed by atoms with Gasteiger partial charge in [0.15, 0.2) is 5.16 Å². The van der Waals surface area contributed by atoms with Gasteiger partial charge in [-0.3, -0.25) is 4.79 Å². The highest BCUT2D eigenvalue weighted by Gasteiger charge is 2.22. The molecule has 23 heavy (non-hydrogen) atoms. The number of H-pyrrole nitrogens is 1. The van der Waals surface area contributed by atoms with Gasteiger partial charge in [-0.2, -0.15) is 0 Å². The van der Waals surface area contributed by atoms with E-state index >= 15 is 0 Å². The number of imidazole rings is 1. The lowest BCUT2D eigenvalue weighted by Gasteiger charge is -2.29. The van der Waals surface area contributed by atoms with Crippen LogP contribution in [0.2, 0.25) is 0 Å². The molecule has 1 aromatic heterocycles. The molecule has 124 valence electrons. The summed E-state index contributed by atoms with van der Waals surface area (Å²) in [5.41, 5.74) is 1.81. The third-order valence-corrected chi connectivity index (χ3v) is 5.34. The Kier molecular flexibility index (Phi) is 5.10. The fraction of sp³-hybridized carbons (Fsp3) is 0.529. The first-order valence-electron chi connectivity index (χ1n) is 8.11. The zero-order valence-corrected chi connectivity index (χ0v) is 14.4. The van der Waals surface area contributed by atoms with Gasteiger partial charge in [0.2, 0.25) is 5.91 Å². The van der Waals surface area contributed by atoms with Gasteiger partial charge in [0.05, 0.1) is 23.9 Å². The Balaban J connectivity index is 1.56. The number of amides is 1. The van der Waals surface area contributed by atoms with Crippen molar-refractivity contribution in [2.24, 2.45) is 5.92 Å². The molecule has 1 aliphatic rings. The fourth-order valence-corrected chi connectivity index (χ4v) is 3.77. The molecule has 0 saturated heterocycles. The van der Waals surface area contributed by atoms with Gasteiger partial charge < -0.3 is 15.0 Å². The first-order valence-corrected chi connectivity index (χ1v) is 9.10. The number of aromatic amines is 1. The van der Waals surface area contributed by atoms with Crippen LogP contribution >= 0.6 is 11.8 Å².